The second kappa shape index (κ2) is 10.9. The highest BCUT2D eigenvalue weighted by Crippen LogP contribution is 2.30. The van der Waals surface area contributed by atoms with E-state index in [0.29, 0.717) is 0 Å². The lowest BCUT2D eigenvalue weighted by Crippen LogP contribution is -2.44. The van der Waals surface area contributed by atoms with Crippen molar-refractivity contribution in [1.29, 1.82) is 0 Å². The molecular formula is C15H18F6O8. The monoisotopic (exact) mass is 440 g/mol. The van der Waals surface area contributed by atoms with Gasteiger partial charge in [0.1, 0.15) is 18.6 Å². The Morgan fingerprint density at radius 2 is 1.10 bits per heavy atom. The van der Waals surface area contributed by atoms with Gasteiger partial charge in [-0.25, -0.2) is 9.59 Å². The van der Waals surface area contributed by atoms with Crippen LogP contribution in [0.1, 0.15) is 38.5 Å². The molecule has 0 saturated heterocycles. The van der Waals surface area contributed by atoms with E-state index >= 15 is 0 Å². The van der Waals surface area contributed by atoms with Crippen LogP contribution in [0.25, 0.3) is 0 Å². The van der Waals surface area contributed by atoms with Gasteiger partial charge in [-0.2, -0.15) is 26.3 Å². The Balaban J connectivity index is 5.17. The number of rotatable bonds is 12. The zero-order valence-corrected chi connectivity index (χ0v) is 14.8. The van der Waals surface area contributed by atoms with Crippen LogP contribution in [0.15, 0.2) is 0 Å². The molecule has 0 aliphatic rings. The second-order valence-corrected chi connectivity index (χ2v) is 6.04. The van der Waals surface area contributed by atoms with E-state index < -0.39 is 61.3 Å². The molecule has 29 heavy (non-hydrogen) atoms. The largest absolute Gasteiger partial charge is 0.490 e. The van der Waals surface area contributed by atoms with E-state index in [4.69, 9.17) is 5.11 Å². The van der Waals surface area contributed by atoms with Gasteiger partial charge in [-0.1, -0.05) is 19.3 Å². The quantitative estimate of drug-likeness (QED) is 0.269. The van der Waals surface area contributed by atoms with Crippen molar-refractivity contribution in [2.24, 2.45) is 5.41 Å². The third-order valence-electron chi connectivity index (χ3n) is 3.67. The number of alkyl halides is 6. The van der Waals surface area contributed by atoms with Gasteiger partial charge < -0.3 is 19.7 Å². The summed E-state index contributed by atoms with van der Waals surface area (Å²) in [6.07, 6.45) is -11.1. The minimum absolute atomic E-state index is 0.0843. The maximum Gasteiger partial charge on any atom is 0.490 e. The van der Waals surface area contributed by atoms with Crippen molar-refractivity contribution in [1.82, 2.24) is 0 Å². The Morgan fingerprint density at radius 1 is 0.690 bits per heavy atom. The Bertz CT molecular complexity index is 569. The first-order valence-corrected chi connectivity index (χ1v) is 8.05. The molecule has 168 valence electrons. The molecule has 0 aliphatic heterocycles. The van der Waals surface area contributed by atoms with Crippen molar-refractivity contribution in [2.45, 2.75) is 50.9 Å². The maximum atomic E-state index is 12.2. The topological polar surface area (TPSA) is 127 Å². The van der Waals surface area contributed by atoms with Gasteiger partial charge in [0, 0.05) is 6.42 Å². The molecule has 0 atom stereocenters. The zero-order valence-electron chi connectivity index (χ0n) is 14.8. The average Bonchev–Trinajstić information content (AvgIpc) is 2.56. The number of hydrogen-bond acceptors (Lipinski definition) is 6. The molecule has 0 spiro atoms. The molecule has 0 unspecified atom stereocenters. The molecule has 0 aromatic heterocycles. The maximum absolute atomic E-state index is 12.2. The fraction of sp³-hybridized carbons (Fsp3) is 0.733. The van der Waals surface area contributed by atoms with Crippen LogP contribution in [0.5, 0.6) is 0 Å². The lowest BCUT2D eigenvalue weighted by molar-refractivity contribution is -0.211. The van der Waals surface area contributed by atoms with Crippen LogP contribution in [0.4, 0.5) is 26.3 Å². The number of hydrogen-bond donors (Lipinski definition) is 2. The number of carbonyl (C=O) groups excluding carboxylic acids is 2. The Hall–Kier alpha value is -2.54. The molecule has 8 nitrogen and oxygen atoms in total. The molecule has 0 fully saturated rings. The summed E-state index contributed by atoms with van der Waals surface area (Å²) in [6.45, 7) is -2.97. The lowest BCUT2D eigenvalue weighted by atomic mass is 9.84. The smallest absolute Gasteiger partial charge is 0.481 e. The van der Waals surface area contributed by atoms with E-state index in [1.165, 1.54) is 0 Å². The molecule has 2 N–H and O–H groups in total. The van der Waals surface area contributed by atoms with Crippen LogP contribution in [-0.4, -0.2) is 59.7 Å². The highest BCUT2D eigenvalue weighted by Gasteiger charge is 2.48. The molecule has 0 radical (unpaired) electrons. The number of halogens is 6. The second-order valence-electron chi connectivity index (χ2n) is 6.04. The summed E-state index contributed by atoms with van der Waals surface area (Å²) in [5.41, 5.74) is -2.55. The van der Waals surface area contributed by atoms with E-state index in [9.17, 15) is 50.6 Å². The highest BCUT2D eigenvalue weighted by molar-refractivity contribution is 5.79. The van der Waals surface area contributed by atoms with E-state index in [0.717, 1.165) is 0 Å². The van der Waals surface area contributed by atoms with Crippen molar-refractivity contribution in [3.05, 3.63) is 0 Å². The van der Waals surface area contributed by atoms with Gasteiger partial charge in [0.25, 0.3) is 0 Å². The molecule has 0 saturated carbocycles. The molecule has 0 aromatic carbocycles. The van der Waals surface area contributed by atoms with Crippen molar-refractivity contribution >= 4 is 23.9 Å². The van der Waals surface area contributed by atoms with Gasteiger partial charge >= 0.3 is 36.2 Å². The van der Waals surface area contributed by atoms with Crippen LogP contribution in [0, 0.1) is 5.41 Å². The fourth-order valence-corrected chi connectivity index (χ4v) is 2.08. The van der Waals surface area contributed by atoms with E-state index in [1.807, 2.05) is 0 Å². The molecule has 0 bridgehead atoms. The minimum Gasteiger partial charge on any atom is -0.481 e. The van der Waals surface area contributed by atoms with Gasteiger partial charge in [-0.05, 0) is 12.8 Å². The normalized spacial score (nSPS) is 12.3. The van der Waals surface area contributed by atoms with Gasteiger partial charge in [-0.15, -0.1) is 0 Å². The van der Waals surface area contributed by atoms with E-state index in [2.05, 4.69) is 9.47 Å². The van der Waals surface area contributed by atoms with Crippen molar-refractivity contribution < 1.29 is 65.2 Å². The SMILES string of the molecule is O=C(O)CCCCCCC(COC(=O)C(F)(F)F)(COC(=O)C(F)(F)F)C(=O)O. The standard InChI is InChI=1S/C15H18F6O8/c16-14(17,18)11(26)28-7-13(10(24)25,8-29-12(27)15(19,20)21)6-4-2-1-3-5-9(22)23/h1-8H2,(H,22,23)(H,24,25). The molecule has 0 rings (SSSR count). The highest BCUT2D eigenvalue weighted by atomic mass is 19.4. The third-order valence-corrected chi connectivity index (χ3v) is 3.67. The summed E-state index contributed by atoms with van der Waals surface area (Å²) in [5.74, 6) is -8.53. The first-order chi connectivity index (χ1) is 13.1. The van der Waals surface area contributed by atoms with E-state index in [1.54, 1.807) is 0 Å². The van der Waals surface area contributed by atoms with E-state index in [-0.39, 0.29) is 32.1 Å². The lowest BCUT2D eigenvalue weighted by Gasteiger charge is -2.28. The molecule has 14 heteroatoms. The summed E-state index contributed by atoms with van der Waals surface area (Å²) < 4.78 is 81.2. The third kappa shape index (κ3) is 9.99. The number of carboxylic acids is 2. The molecular weight excluding hydrogens is 422 g/mol. The van der Waals surface area contributed by atoms with Crippen molar-refractivity contribution in [3.63, 3.8) is 0 Å². The van der Waals surface area contributed by atoms with Crippen LogP contribution in [0.2, 0.25) is 0 Å². The van der Waals surface area contributed by atoms with Crippen LogP contribution in [-0.2, 0) is 28.7 Å². The summed E-state index contributed by atoms with van der Waals surface area (Å²) in [5, 5.41) is 17.8. The summed E-state index contributed by atoms with van der Waals surface area (Å²) in [6, 6.07) is 0. The first-order valence-electron chi connectivity index (χ1n) is 8.05. The Labute approximate surface area is 159 Å². The van der Waals surface area contributed by atoms with Gasteiger partial charge in [-0.3, -0.25) is 9.59 Å². The summed E-state index contributed by atoms with van der Waals surface area (Å²) in [4.78, 5) is 43.6. The Morgan fingerprint density at radius 3 is 1.45 bits per heavy atom. The number of carbonyl (C=O) groups is 4. The fourth-order valence-electron chi connectivity index (χ4n) is 2.08. The predicted octanol–water partition coefficient (Wildman–Crippen LogP) is 2.69. The van der Waals surface area contributed by atoms with Crippen LogP contribution < -0.4 is 0 Å². The Kier molecular flexibility index (Phi) is 9.90. The summed E-state index contributed by atoms with van der Waals surface area (Å²) in [7, 11) is 0. The molecule has 0 aromatic rings. The predicted molar refractivity (Wildman–Crippen MR) is 79.4 cm³/mol. The zero-order chi connectivity index (χ0) is 22.9. The van der Waals surface area contributed by atoms with Gasteiger partial charge in [0.05, 0.1) is 0 Å². The molecule has 0 amide bonds. The average molecular weight is 440 g/mol. The van der Waals surface area contributed by atoms with Crippen LogP contribution >= 0.6 is 0 Å². The number of ether oxygens (including phenoxy) is 2. The minimum atomic E-state index is -5.47. The number of aliphatic carboxylic acids is 2. The van der Waals surface area contributed by atoms with Gasteiger partial charge in [0.15, 0.2) is 0 Å². The molecule has 0 heterocycles. The number of unbranched alkanes of at least 4 members (excludes halogenated alkanes) is 3. The summed E-state index contributed by atoms with van der Waals surface area (Å²) >= 11 is 0. The first kappa shape index (κ1) is 26.5. The van der Waals surface area contributed by atoms with Crippen molar-refractivity contribution in [3.8, 4) is 0 Å². The van der Waals surface area contributed by atoms with Gasteiger partial charge in [0.2, 0.25) is 0 Å². The number of carboxylic acid groups (broad SMARTS) is 2. The van der Waals surface area contributed by atoms with Crippen molar-refractivity contribution in [2.75, 3.05) is 13.2 Å². The molecule has 0 aliphatic carbocycles. The van der Waals surface area contributed by atoms with Crippen LogP contribution in [0.3, 0.4) is 0 Å². The number of esters is 2.